The van der Waals surface area contributed by atoms with Crippen LogP contribution >= 0.6 is 0 Å². The highest BCUT2D eigenvalue weighted by atomic mass is 16.6. The molecular weight excluding hydrogens is 322 g/mol. The normalized spacial score (nSPS) is 15.4. The third-order valence-electron chi connectivity index (χ3n) is 3.04. The number of methoxy groups -OCH3 is 1. The summed E-state index contributed by atoms with van der Waals surface area (Å²) in [4.78, 5) is 46.6. The van der Waals surface area contributed by atoms with Crippen LogP contribution in [-0.2, 0) is 14.3 Å². The third-order valence-corrected chi connectivity index (χ3v) is 3.04. The van der Waals surface area contributed by atoms with E-state index in [1.54, 1.807) is 6.92 Å². The number of amides is 3. The summed E-state index contributed by atoms with van der Waals surface area (Å²) in [5, 5.41) is 13.0. The Morgan fingerprint density at radius 1 is 1.42 bits per heavy atom. The molecule has 1 aromatic rings. The molecule has 126 valence electrons. The van der Waals surface area contributed by atoms with Crippen LogP contribution in [0.1, 0.15) is 6.92 Å². The van der Waals surface area contributed by atoms with Crippen LogP contribution in [0.25, 0.3) is 0 Å². The van der Waals surface area contributed by atoms with Gasteiger partial charge in [-0.3, -0.25) is 14.9 Å². The number of nitro groups is 1. The Hall–Kier alpha value is -3.43. The predicted octanol–water partition coefficient (Wildman–Crippen LogP) is 1.11. The number of anilines is 1. The zero-order valence-corrected chi connectivity index (χ0v) is 12.8. The van der Waals surface area contributed by atoms with Crippen molar-refractivity contribution in [2.45, 2.75) is 6.92 Å². The van der Waals surface area contributed by atoms with Crippen molar-refractivity contribution in [3.05, 3.63) is 40.1 Å². The summed E-state index contributed by atoms with van der Waals surface area (Å²) in [7, 11) is 1.25. The van der Waals surface area contributed by atoms with Crippen LogP contribution in [-0.4, -0.2) is 36.5 Å². The van der Waals surface area contributed by atoms with E-state index in [0.717, 1.165) is 18.2 Å². The van der Waals surface area contributed by atoms with Crippen LogP contribution in [0.4, 0.5) is 16.2 Å². The first-order chi connectivity index (χ1) is 11.4. The molecule has 0 unspecified atom stereocenters. The van der Waals surface area contributed by atoms with Crippen molar-refractivity contribution >= 4 is 29.3 Å². The van der Waals surface area contributed by atoms with Gasteiger partial charge in [-0.25, -0.2) is 14.5 Å². The molecule has 1 N–H and O–H groups in total. The zero-order chi connectivity index (χ0) is 17.9. The first-order valence-electron chi connectivity index (χ1n) is 6.75. The number of esters is 1. The van der Waals surface area contributed by atoms with Crippen molar-refractivity contribution in [2.75, 3.05) is 18.6 Å². The average Bonchev–Trinajstić information content (AvgIpc) is 2.80. The molecule has 10 nitrogen and oxygen atoms in total. The second-order valence-corrected chi connectivity index (χ2v) is 4.49. The van der Waals surface area contributed by atoms with Crippen LogP contribution in [0, 0.1) is 10.1 Å². The zero-order valence-electron chi connectivity index (χ0n) is 12.8. The lowest BCUT2D eigenvalue weighted by Crippen LogP contribution is -2.31. The third kappa shape index (κ3) is 3.16. The standard InChI is InChI=1S/C14H13N3O7/c1-3-24-12(18)7-9-13(19)16(14(20)15-9)10-5-4-8(17(21)22)6-11(10)23-2/h4-7H,3H2,1-2H3,(H,15,20). The molecule has 2 rings (SSSR count). The quantitative estimate of drug-likeness (QED) is 0.280. The molecule has 3 amide bonds. The van der Waals surface area contributed by atoms with E-state index in [4.69, 9.17) is 4.74 Å². The number of hydrogen-bond donors (Lipinski definition) is 1. The number of nitro benzene ring substituents is 1. The van der Waals surface area contributed by atoms with Gasteiger partial charge in [-0.15, -0.1) is 0 Å². The molecule has 0 spiro atoms. The van der Waals surface area contributed by atoms with E-state index < -0.39 is 22.8 Å². The predicted molar refractivity (Wildman–Crippen MR) is 80.4 cm³/mol. The van der Waals surface area contributed by atoms with Gasteiger partial charge >= 0.3 is 12.0 Å². The molecule has 1 aliphatic heterocycles. The highest BCUT2D eigenvalue weighted by Gasteiger charge is 2.37. The maximum absolute atomic E-state index is 12.3. The fourth-order valence-corrected chi connectivity index (χ4v) is 2.02. The van der Waals surface area contributed by atoms with Gasteiger partial charge in [0.2, 0.25) is 0 Å². The van der Waals surface area contributed by atoms with Crippen LogP contribution < -0.4 is 15.0 Å². The largest absolute Gasteiger partial charge is 0.494 e. The van der Waals surface area contributed by atoms with Gasteiger partial charge in [-0.1, -0.05) is 0 Å². The monoisotopic (exact) mass is 335 g/mol. The van der Waals surface area contributed by atoms with Gasteiger partial charge in [0.15, 0.2) is 0 Å². The number of ether oxygens (including phenoxy) is 2. The van der Waals surface area contributed by atoms with Crippen molar-refractivity contribution in [1.29, 1.82) is 0 Å². The van der Waals surface area contributed by atoms with Crippen molar-refractivity contribution in [3.8, 4) is 5.75 Å². The molecule has 1 heterocycles. The molecule has 0 aliphatic carbocycles. The molecule has 1 aliphatic rings. The van der Waals surface area contributed by atoms with Crippen LogP contribution in [0.15, 0.2) is 30.0 Å². The summed E-state index contributed by atoms with van der Waals surface area (Å²) < 4.78 is 9.69. The minimum Gasteiger partial charge on any atom is -0.494 e. The maximum Gasteiger partial charge on any atom is 0.333 e. The van der Waals surface area contributed by atoms with Crippen molar-refractivity contribution in [2.24, 2.45) is 0 Å². The SMILES string of the molecule is CCOC(=O)C=C1NC(=O)N(c2ccc([N+](=O)[O-])cc2OC)C1=O. The second-order valence-electron chi connectivity index (χ2n) is 4.49. The molecule has 0 bridgehead atoms. The van der Waals surface area contributed by atoms with Gasteiger partial charge in [-0.2, -0.15) is 0 Å². The molecular formula is C14H13N3O7. The number of nitrogens with one attached hydrogen (secondary N) is 1. The Labute approximate surface area is 135 Å². The highest BCUT2D eigenvalue weighted by Crippen LogP contribution is 2.34. The summed E-state index contributed by atoms with van der Waals surface area (Å²) in [5.41, 5.74) is -0.512. The second kappa shape index (κ2) is 6.77. The van der Waals surface area contributed by atoms with Gasteiger partial charge in [0, 0.05) is 6.07 Å². The Morgan fingerprint density at radius 3 is 2.71 bits per heavy atom. The average molecular weight is 335 g/mol. The Balaban J connectivity index is 2.39. The van der Waals surface area contributed by atoms with Crippen LogP contribution in [0.2, 0.25) is 0 Å². The molecule has 0 saturated carbocycles. The maximum atomic E-state index is 12.3. The van der Waals surface area contributed by atoms with Crippen LogP contribution in [0.5, 0.6) is 5.75 Å². The summed E-state index contributed by atoms with van der Waals surface area (Å²) in [6.45, 7) is 1.71. The Morgan fingerprint density at radius 2 is 2.12 bits per heavy atom. The minimum absolute atomic E-state index is 0.0119. The molecule has 0 atom stereocenters. The smallest absolute Gasteiger partial charge is 0.333 e. The topological polar surface area (TPSA) is 128 Å². The van der Waals surface area contributed by atoms with Gasteiger partial charge in [0.05, 0.1) is 36.5 Å². The molecule has 24 heavy (non-hydrogen) atoms. The molecule has 1 saturated heterocycles. The highest BCUT2D eigenvalue weighted by molar-refractivity contribution is 6.28. The van der Waals surface area contributed by atoms with Gasteiger partial charge in [-0.05, 0) is 13.0 Å². The Kier molecular flexibility index (Phi) is 4.78. The number of carbonyl (C=O) groups is 3. The fraction of sp³-hybridized carbons (Fsp3) is 0.214. The number of nitrogens with zero attached hydrogens (tertiary/aromatic N) is 2. The number of rotatable bonds is 5. The van der Waals surface area contributed by atoms with Crippen LogP contribution in [0.3, 0.4) is 0 Å². The summed E-state index contributed by atoms with van der Waals surface area (Å²) in [6.07, 6.45) is 0.863. The summed E-state index contributed by atoms with van der Waals surface area (Å²) in [6, 6.07) is 2.61. The van der Waals surface area contributed by atoms with E-state index in [9.17, 15) is 24.5 Å². The van der Waals surface area contributed by atoms with Gasteiger partial charge in [0.1, 0.15) is 11.4 Å². The van der Waals surface area contributed by atoms with Gasteiger partial charge in [0.25, 0.3) is 11.6 Å². The lowest BCUT2D eigenvalue weighted by atomic mass is 10.2. The lowest BCUT2D eigenvalue weighted by molar-refractivity contribution is -0.384. The van der Waals surface area contributed by atoms with E-state index in [0.29, 0.717) is 4.90 Å². The number of benzene rings is 1. The molecule has 0 radical (unpaired) electrons. The van der Waals surface area contributed by atoms with E-state index in [-0.39, 0.29) is 29.4 Å². The molecule has 1 fully saturated rings. The summed E-state index contributed by atoms with van der Waals surface area (Å²) in [5.74, 6) is -1.62. The minimum atomic E-state index is -0.817. The number of imide groups is 1. The molecule has 0 aromatic heterocycles. The van der Waals surface area contributed by atoms with E-state index in [1.807, 2.05) is 0 Å². The fourth-order valence-electron chi connectivity index (χ4n) is 2.02. The van der Waals surface area contributed by atoms with E-state index in [2.05, 4.69) is 10.1 Å². The van der Waals surface area contributed by atoms with E-state index in [1.165, 1.54) is 13.2 Å². The van der Waals surface area contributed by atoms with Gasteiger partial charge < -0.3 is 14.8 Å². The van der Waals surface area contributed by atoms with Crippen molar-refractivity contribution < 1.29 is 28.8 Å². The lowest BCUT2D eigenvalue weighted by Gasteiger charge is -2.15. The number of hydrogen-bond acceptors (Lipinski definition) is 7. The first-order valence-corrected chi connectivity index (χ1v) is 6.75. The summed E-state index contributed by atoms with van der Waals surface area (Å²) >= 11 is 0. The van der Waals surface area contributed by atoms with Crippen molar-refractivity contribution in [3.63, 3.8) is 0 Å². The number of carbonyl (C=O) groups excluding carboxylic acids is 3. The first kappa shape index (κ1) is 16.9. The Bertz CT molecular complexity index is 757. The van der Waals surface area contributed by atoms with E-state index >= 15 is 0 Å². The number of non-ortho nitro benzene ring substituents is 1. The molecule has 1 aromatic carbocycles. The molecule has 10 heteroatoms. The van der Waals surface area contributed by atoms with Crippen molar-refractivity contribution in [1.82, 2.24) is 5.32 Å². The number of urea groups is 1.